The number of amides is 2. The Morgan fingerprint density at radius 3 is 2.53 bits per heavy atom. The lowest BCUT2D eigenvalue weighted by molar-refractivity contribution is -0.122. The van der Waals surface area contributed by atoms with Crippen LogP contribution in [0.2, 0.25) is 5.02 Å². The summed E-state index contributed by atoms with van der Waals surface area (Å²) in [6.07, 6.45) is 3.07. The molecule has 0 aliphatic carbocycles. The van der Waals surface area contributed by atoms with E-state index in [4.69, 9.17) is 23.8 Å². The maximum atomic E-state index is 14.3. The molecule has 4 rings (SSSR count). The van der Waals surface area contributed by atoms with Gasteiger partial charge in [-0.05, 0) is 67.2 Å². The number of nitrogens with zero attached hydrogens (tertiary/aromatic N) is 2. The van der Waals surface area contributed by atoms with Gasteiger partial charge in [-0.3, -0.25) is 19.8 Å². The summed E-state index contributed by atoms with van der Waals surface area (Å²) in [6, 6.07) is 14.7. The maximum absolute atomic E-state index is 14.3. The minimum Gasteiger partial charge on any atom is -0.314 e. The second-order valence-electron chi connectivity index (χ2n) is 6.60. The number of hydrogen-bond acceptors (Lipinski definition) is 3. The summed E-state index contributed by atoms with van der Waals surface area (Å²) in [7, 11) is 0. The second kappa shape index (κ2) is 7.85. The number of hydrogen-bond donors (Lipinski definition) is 1. The number of carbonyl (C=O) groups is 2. The fourth-order valence-corrected chi connectivity index (χ4v) is 3.68. The van der Waals surface area contributed by atoms with E-state index in [2.05, 4.69) is 5.32 Å². The van der Waals surface area contributed by atoms with Crippen LogP contribution in [-0.4, -0.2) is 21.5 Å². The predicted molar refractivity (Wildman–Crippen MR) is 118 cm³/mol. The van der Waals surface area contributed by atoms with Gasteiger partial charge in [0.05, 0.1) is 11.4 Å². The van der Waals surface area contributed by atoms with Crippen molar-refractivity contribution in [2.75, 3.05) is 4.90 Å². The highest BCUT2D eigenvalue weighted by atomic mass is 35.5. The van der Waals surface area contributed by atoms with Gasteiger partial charge in [-0.2, -0.15) is 0 Å². The van der Waals surface area contributed by atoms with E-state index in [1.807, 2.05) is 0 Å². The molecule has 1 aliphatic heterocycles. The first-order chi connectivity index (χ1) is 14.4. The molecule has 0 radical (unpaired) electrons. The summed E-state index contributed by atoms with van der Waals surface area (Å²) >= 11 is 11.4. The van der Waals surface area contributed by atoms with Crippen molar-refractivity contribution in [3.63, 3.8) is 0 Å². The van der Waals surface area contributed by atoms with E-state index in [0.717, 1.165) is 0 Å². The Morgan fingerprint density at radius 1 is 1.03 bits per heavy atom. The Labute approximate surface area is 182 Å². The average molecular weight is 440 g/mol. The van der Waals surface area contributed by atoms with Crippen LogP contribution in [-0.2, 0) is 9.59 Å². The quantitative estimate of drug-likeness (QED) is 0.373. The van der Waals surface area contributed by atoms with Crippen LogP contribution in [0, 0.1) is 12.7 Å². The van der Waals surface area contributed by atoms with Crippen molar-refractivity contribution < 1.29 is 14.0 Å². The number of thiocarbonyl (C=S) groups is 1. The first kappa shape index (κ1) is 20.0. The lowest BCUT2D eigenvalue weighted by Gasteiger charge is -2.30. The molecule has 1 saturated heterocycles. The Bertz CT molecular complexity index is 1230. The van der Waals surface area contributed by atoms with E-state index in [1.165, 1.54) is 17.0 Å². The molecular weight excluding hydrogens is 425 g/mol. The van der Waals surface area contributed by atoms with Gasteiger partial charge < -0.3 is 4.57 Å². The van der Waals surface area contributed by atoms with Gasteiger partial charge in [-0.15, -0.1) is 0 Å². The van der Waals surface area contributed by atoms with E-state index in [1.54, 1.807) is 66.2 Å². The molecule has 8 heteroatoms. The van der Waals surface area contributed by atoms with Crippen LogP contribution in [0.15, 0.2) is 66.4 Å². The lowest BCUT2D eigenvalue weighted by atomic mass is 10.1. The van der Waals surface area contributed by atoms with Crippen LogP contribution >= 0.6 is 23.8 Å². The highest BCUT2D eigenvalue weighted by Crippen LogP contribution is 2.30. The number of para-hydroxylation sites is 1. The summed E-state index contributed by atoms with van der Waals surface area (Å²) < 4.78 is 15.8. The number of anilines is 1. The summed E-state index contributed by atoms with van der Waals surface area (Å²) in [5.41, 5.74) is 1.78. The number of halogens is 2. The molecule has 30 heavy (non-hydrogen) atoms. The first-order valence-electron chi connectivity index (χ1n) is 8.97. The van der Waals surface area contributed by atoms with Crippen molar-refractivity contribution in [3.05, 3.63) is 88.5 Å². The summed E-state index contributed by atoms with van der Waals surface area (Å²) in [6.45, 7) is 1.76. The molecule has 1 aliphatic rings. The van der Waals surface area contributed by atoms with E-state index in [9.17, 15) is 14.0 Å². The third kappa shape index (κ3) is 3.42. The van der Waals surface area contributed by atoms with Gasteiger partial charge in [0.2, 0.25) is 0 Å². The summed E-state index contributed by atoms with van der Waals surface area (Å²) in [5, 5.41) is 2.98. The topological polar surface area (TPSA) is 54.3 Å². The number of rotatable bonds is 3. The van der Waals surface area contributed by atoms with Crippen LogP contribution in [0.4, 0.5) is 10.1 Å². The molecule has 1 N–H and O–H groups in total. The standard InChI is InChI=1S/C22H15ClFN3O2S/c1-13-16(23)7-4-10-18(13)27-21(29)15(20(28)25-22(27)30)12-14-6-5-11-26(14)19-9-3-2-8-17(19)24/h2-12H,1H3,(H,25,28,30). The van der Waals surface area contributed by atoms with Gasteiger partial charge in [0.15, 0.2) is 5.11 Å². The van der Waals surface area contributed by atoms with Gasteiger partial charge in [-0.1, -0.05) is 29.8 Å². The van der Waals surface area contributed by atoms with E-state index in [0.29, 0.717) is 27.7 Å². The molecule has 2 amide bonds. The van der Waals surface area contributed by atoms with Gasteiger partial charge >= 0.3 is 0 Å². The largest absolute Gasteiger partial charge is 0.314 e. The van der Waals surface area contributed by atoms with Crippen LogP contribution in [0.1, 0.15) is 11.3 Å². The molecule has 2 heterocycles. The van der Waals surface area contributed by atoms with Crippen LogP contribution in [0.3, 0.4) is 0 Å². The summed E-state index contributed by atoms with van der Waals surface area (Å²) in [5.74, 6) is -1.64. The number of aromatic nitrogens is 1. The second-order valence-corrected chi connectivity index (χ2v) is 7.39. The number of carbonyl (C=O) groups excluding carboxylic acids is 2. The van der Waals surface area contributed by atoms with Crippen molar-refractivity contribution in [1.29, 1.82) is 0 Å². The van der Waals surface area contributed by atoms with Crippen LogP contribution in [0.5, 0.6) is 0 Å². The molecule has 1 fully saturated rings. The zero-order valence-corrected chi connectivity index (χ0v) is 17.3. The van der Waals surface area contributed by atoms with Crippen molar-refractivity contribution in [2.24, 2.45) is 0 Å². The Kier molecular flexibility index (Phi) is 5.24. The average Bonchev–Trinajstić information content (AvgIpc) is 3.16. The Balaban J connectivity index is 1.79. The molecule has 3 aromatic rings. The van der Waals surface area contributed by atoms with Gasteiger partial charge in [-0.25, -0.2) is 4.39 Å². The van der Waals surface area contributed by atoms with Crippen molar-refractivity contribution in [2.45, 2.75) is 6.92 Å². The fourth-order valence-electron chi connectivity index (χ4n) is 3.24. The van der Waals surface area contributed by atoms with Gasteiger partial charge in [0, 0.05) is 16.9 Å². The fraction of sp³-hybridized carbons (Fsp3) is 0.0455. The Hall–Kier alpha value is -3.29. The zero-order chi connectivity index (χ0) is 21.4. The monoisotopic (exact) mass is 439 g/mol. The van der Waals surface area contributed by atoms with E-state index >= 15 is 0 Å². The van der Waals surface area contributed by atoms with Crippen LogP contribution < -0.4 is 10.2 Å². The van der Waals surface area contributed by atoms with Gasteiger partial charge in [0.25, 0.3) is 11.8 Å². The third-order valence-corrected chi connectivity index (χ3v) is 5.46. The molecule has 0 saturated carbocycles. The highest BCUT2D eigenvalue weighted by Gasteiger charge is 2.35. The van der Waals surface area contributed by atoms with Crippen molar-refractivity contribution in [3.8, 4) is 5.69 Å². The van der Waals surface area contributed by atoms with E-state index in [-0.39, 0.29) is 10.7 Å². The molecule has 1 aromatic heterocycles. The molecule has 2 aromatic carbocycles. The van der Waals surface area contributed by atoms with Crippen molar-refractivity contribution in [1.82, 2.24) is 9.88 Å². The van der Waals surface area contributed by atoms with E-state index < -0.39 is 17.6 Å². The third-order valence-electron chi connectivity index (χ3n) is 4.77. The zero-order valence-electron chi connectivity index (χ0n) is 15.7. The molecule has 0 unspecified atom stereocenters. The molecule has 0 bridgehead atoms. The predicted octanol–water partition coefficient (Wildman–Crippen LogP) is 4.41. The maximum Gasteiger partial charge on any atom is 0.270 e. The molecule has 0 spiro atoms. The SMILES string of the molecule is Cc1c(Cl)cccc1N1C(=O)C(=Cc2cccn2-c2ccccc2F)C(=O)NC1=S. The Morgan fingerprint density at radius 2 is 1.77 bits per heavy atom. The van der Waals surface area contributed by atoms with Gasteiger partial charge in [0.1, 0.15) is 11.4 Å². The lowest BCUT2D eigenvalue weighted by Crippen LogP contribution is -2.54. The number of benzene rings is 2. The first-order valence-corrected chi connectivity index (χ1v) is 9.76. The molecule has 5 nitrogen and oxygen atoms in total. The summed E-state index contributed by atoms with van der Waals surface area (Å²) in [4.78, 5) is 27.0. The minimum absolute atomic E-state index is 0.0306. The molecular formula is C22H15ClFN3O2S. The molecule has 0 atom stereocenters. The normalized spacial score (nSPS) is 15.6. The number of nitrogens with one attached hydrogen (secondary N) is 1. The smallest absolute Gasteiger partial charge is 0.270 e. The van der Waals surface area contributed by atoms with Crippen LogP contribution in [0.25, 0.3) is 11.8 Å². The molecule has 150 valence electrons. The highest BCUT2D eigenvalue weighted by molar-refractivity contribution is 7.80. The van der Waals surface area contributed by atoms with Crippen molar-refractivity contribution >= 4 is 52.5 Å². The minimum atomic E-state index is -0.623.